The van der Waals surface area contributed by atoms with E-state index in [0.29, 0.717) is 108 Å². The van der Waals surface area contributed by atoms with Crippen LogP contribution in [0.15, 0.2) is 278 Å². The van der Waals surface area contributed by atoms with Crippen LogP contribution < -0.4 is 51.9 Å². The van der Waals surface area contributed by atoms with Crippen LogP contribution in [0.2, 0.25) is 0 Å². The van der Waals surface area contributed by atoms with Crippen LogP contribution in [0, 0.1) is 10.8 Å². The second-order valence-electron chi connectivity index (χ2n) is 33.0. The molecule has 138 heavy (non-hydrogen) atoms. The molecule has 0 radical (unpaired) electrons. The third-order valence-electron chi connectivity index (χ3n) is 23.1. The van der Waals surface area contributed by atoms with Gasteiger partial charge in [0, 0.05) is 189 Å². The first kappa shape index (κ1) is 96.0. The third-order valence-corrected chi connectivity index (χ3v) is 23.7. The molecule has 35 nitrogen and oxygen atoms in total. The van der Waals surface area contributed by atoms with Crippen LogP contribution in [0.25, 0.3) is 33.8 Å². The summed E-state index contributed by atoms with van der Waals surface area (Å²) in [5.41, 5.74) is 14.0. The van der Waals surface area contributed by atoms with Crippen molar-refractivity contribution < 1.29 is 28.5 Å². The van der Waals surface area contributed by atoms with Gasteiger partial charge in [-0.3, -0.25) is 35.5 Å². The normalized spacial score (nSPS) is 14.7. The van der Waals surface area contributed by atoms with Gasteiger partial charge in [0.1, 0.15) is 11.0 Å². The average molecular weight is 1910 g/mol. The summed E-state index contributed by atoms with van der Waals surface area (Å²) in [4.78, 5) is 78.1. The maximum Gasteiger partial charge on any atom is 0.326 e. The zero-order valence-electron chi connectivity index (χ0n) is 76.9. The predicted molar refractivity (Wildman–Crippen MR) is 557 cm³/mol. The van der Waals surface area contributed by atoms with Crippen molar-refractivity contribution in [2.45, 2.75) is 38.8 Å². The number of hydrogen-bond donors (Lipinski definition) is 11. The molecule has 0 aliphatic carbocycles. The summed E-state index contributed by atoms with van der Waals surface area (Å²) in [5.74, 6) is 5.07. The number of aromatic nitrogens is 11. The molecule has 14 heterocycles. The molecule has 5 aliphatic heterocycles. The largest absolute Gasteiger partial charge is 0.378 e. The molecule has 3 amide bonds. The fourth-order valence-electron chi connectivity index (χ4n) is 15.9. The van der Waals surface area contributed by atoms with Gasteiger partial charge in [0.2, 0.25) is 0 Å². The number of benzene rings is 5. The number of piperidine rings is 1. The Bertz CT molecular complexity index is 6260. The van der Waals surface area contributed by atoms with Gasteiger partial charge in [0.15, 0.2) is 62.0 Å². The first-order valence-electron chi connectivity index (χ1n) is 45.6. The Morgan fingerprint density at radius 1 is 0.420 bits per heavy atom. The van der Waals surface area contributed by atoms with Crippen molar-refractivity contribution in [3.63, 3.8) is 0 Å². The highest BCUT2D eigenvalue weighted by atomic mass is 32.1. The second-order valence-corrected chi connectivity index (χ2v) is 34.2. The van der Waals surface area contributed by atoms with E-state index in [9.17, 15) is 9.59 Å². The summed E-state index contributed by atoms with van der Waals surface area (Å²) in [7, 11) is 4.19. The van der Waals surface area contributed by atoms with Gasteiger partial charge in [-0.15, -0.1) is 10.2 Å². The van der Waals surface area contributed by atoms with Crippen LogP contribution >= 0.6 is 36.7 Å². The average Bonchev–Trinajstić information content (AvgIpc) is 1.73. The number of aliphatic imine (C=N–C) groups is 2. The van der Waals surface area contributed by atoms with Gasteiger partial charge in [-0.05, 0) is 284 Å². The summed E-state index contributed by atoms with van der Waals surface area (Å²) in [6.45, 7) is 17.0. The van der Waals surface area contributed by atoms with Crippen LogP contribution in [0.5, 0.6) is 0 Å². The minimum atomic E-state index is -0.245. The fourth-order valence-corrected chi connectivity index (χ4v) is 16.6. The van der Waals surface area contributed by atoms with Crippen LogP contribution in [0.4, 0.5) is 61.9 Å². The molecule has 0 saturated carbocycles. The maximum atomic E-state index is 12.9. The molecule has 5 fully saturated rings. The number of carbonyl (C=O) groups is 2. The number of rotatable bonds is 19. The molecular weight excluding hydrogens is 1800 g/mol. The predicted octanol–water partition coefficient (Wildman–Crippen LogP) is 14.9. The number of urea groups is 1. The zero-order chi connectivity index (χ0) is 95.5. The molecule has 5 saturated heterocycles. The first-order valence-corrected chi connectivity index (χ1v) is 46.8. The minimum Gasteiger partial charge on any atom is -0.378 e. The number of likely N-dealkylation sites (tertiary alicyclic amines) is 1. The second kappa shape index (κ2) is 47.4. The van der Waals surface area contributed by atoms with Gasteiger partial charge >= 0.3 is 6.03 Å². The molecule has 38 heteroatoms. The summed E-state index contributed by atoms with van der Waals surface area (Å²) in [6, 6.07) is 65.0. The van der Waals surface area contributed by atoms with E-state index in [1.807, 2.05) is 228 Å². The lowest BCUT2D eigenvalue weighted by Crippen LogP contribution is -2.44. The lowest BCUT2D eigenvalue weighted by atomic mass is 10.0. The van der Waals surface area contributed by atoms with E-state index in [0.717, 1.165) is 175 Å². The third kappa shape index (κ3) is 25.9. The number of carbonyl (C=O) groups excluding carboxylic acids is 2. The van der Waals surface area contributed by atoms with E-state index >= 15 is 0 Å². The molecule has 0 unspecified atom stereocenters. The molecule has 0 spiro atoms. The summed E-state index contributed by atoms with van der Waals surface area (Å²) < 4.78 is 25.7. The number of thiocarbonyl (C=S) groups is 3. The van der Waals surface area contributed by atoms with Gasteiger partial charge in [-0.1, -0.05) is 0 Å². The fraction of sp³-hybridized carbons (Fsp3) is 0.260. The number of anilines is 10. The number of amidine groups is 4. The van der Waals surface area contributed by atoms with Crippen molar-refractivity contribution in [3.05, 3.63) is 296 Å². The van der Waals surface area contributed by atoms with Crippen molar-refractivity contribution in [2.24, 2.45) is 9.98 Å². The Labute approximate surface area is 815 Å². The van der Waals surface area contributed by atoms with Crippen molar-refractivity contribution in [1.82, 2.24) is 73.7 Å². The molecular formula is C100H109N29O6S3. The molecule has 5 aliphatic rings. The lowest BCUT2D eigenvalue weighted by Gasteiger charge is -2.35. The monoisotopic (exact) mass is 1910 g/mol. The highest BCUT2D eigenvalue weighted by molar-refractivity contribution is 7.81. The highest BCUT2D eigenvalue weighted by Crippen LogP contribution is 2.30. The van der Waals surface area contributed by atoms with E-state index in [1.165, 1.54) is 0 Å². The number of fused-ring (bicyclic) bond motifs is 2. The smallest absolute Gasteiger partial charge is 0.326 e. The highest BCUT2D eigenvalue weighted by Gasteiger charge is 2.28. The molecule has 14 aromatic rings. The van der Waals surface area contributed by atoms with Gasteiger partial charge in [-0.2, -0.15) is 0 Å². The molecule has 708 valence electrons. The van der Waals surface area contributed by atoms with Gasteiger partial charge in [-0.25, -0.2) is 33.8 Å². The van der Waals surface area contributed by atoms with Crippen molar-refractivity contribution in [1.29, 1.82) is 10.8 Å². The van der Waals surface area contributed by atoms with Gasteiger partial charge in [0.05, 0.1) is 88.0 Å². The lowest BCUT2D eigenvalue weighted by molar-refractivity contribution is 0.0663. The minimum absolute atomic E-state index is 0.0439. The molecule has 19 rings (SSSR count). The van der Waals surface area contributed by atoms with Crippen molar-refractivity contribution in [2.75, 3.05) is 184 Å². The number of morpholine rings is 4. The maximum absolute atomic E-state index is 12.9. The summed E-state index contributed by atoms with van der Waals surface area (Å²) >= 11 is 16.3. The first-order chi connectivity index (χ1) is 67.4. The van der Waals surface area contributed by atoms with Crippen molar-refractivity contribution in [3.8, 4) is 22.8 Å². The van der Waals surface area contributed by atoms with E-state index < -0.39 is 0 Å². The molecule has 9 aromatic heterocycles. The Hall–Kier alpha value is -15.2. The summed E-state index contributed by atoms with van der Waals surface area (Å²) in [6.07, 6.45) is 19.8. The number of H-pyrrole nitrogens is 2. The van der Waals surface area contributed by atoms with Gasteiger partial charge in [0.25, 0.3) is 5.91 Å². The van der Waals surface area contributed by atoms with Crippen LogP contribution in [-0.2, 0) is 18.9 Å². The number of hydrogen-bond acceptors (Lipinski definition) is 21. The quantitative estimate of drug-likeness (QED) is 0.0203. The molecule has 5 aromatic carbocycles. The van der Waals surface area contributed by atoms with E-state index in [-0.39, 0.29) is 29.7 Å². The Balaban J connectivity index is 0.000000134. The number of ether oxygens (including phenoxy) is 4. The van der Waals surface area contributed by atoms with Crippen LogP contribution in [0.3, 0.4) is 0 Å². The van der Waals surface area contributed by atoms with Crippen LogP contribution in [0.1, 0.15) is 59.6 Å². The molecule has 11 N–H and O–H groups in total. The Kier molecular flexibility index (Phi) is 32.9. The number of aromatic amines is 2. The van der Waals surface area contributed by atoms with Gasteiger partial charge < -0.3 is 95.5 Å². The standard InChI is InChI=1S/C31H38N8O2S.C25H29N7O2.2C22H21N7OS/c1-37(2)26-13-16-39(17-14-26)30(40)23-7-11-25(12-8-23)35-31(42)34-24-9-5-22(6-10-24)28(32)36-29(27-4-3-15-33-27)38-18-20-41-21-19-38;1-18(2)32(21-5-3-11-27-17-21)25(33)29-20-9-7-19(8-10-20)23(26)30-24(22-6-4-12-28-22)31-13-15-34-16-14-31;31-22(25-18-3-1-9-23-15-18)24-17-7-5-16(6-8-17)20-26-21(28-11-13-30-14-12-28)19-4-2-10-29(19)27-20;31-22(25-18-7-9-23-10-8-18)24-17-5-3-16(4-6-17)20-26-21(28-12-14-30-15-13-28)19-2-1-11-29(19)27-20/h3-12,15,26,32-33H,13-14,16-21H2,1-2H3,(H2,34,35,42);3-12,17-18,26,28H,13-16H2,1-2H3,(H,29,33);1-10,15H,11-14H2,(H2,24,25,31);1-11H,12-15H2,(H2,23,24,25,31). The summed E-state index contributed by atoms with van der Waals surface area (Å²) in [5, 5.41) is 49.9. The topological polar surface area (TPSA) is 381 Å². The number of nitrogens with one attached hydrogen (secondary N) is 11. The van der Waals surface area contributed by atoms with Crippen LogP contribution in [-0.4, -0.2) is 269 Å². The number of amides is 3. The SMILES string of the molecule is CC(C)N(C(=O)Nc1ccc(C(=N)N=C(c2ccc[nH]2)N2CCOCC2)cc1)c1cccnc1.CN(C)C1CCN(C(=O)c2ccc(NC(=S)Nc3ccc(C(=N)N=C(c4ccc[nH]4)N4CCOCC4)cc3)cc2)CC1.S=C(Nc1ccc(-c2nc(N3CCOCC3)c3cccn3n2)cc1)Nc1cccnc1.S=C(Nc1ccncc1)Nc1ccc(-c2nc(N3CCOCC3)c3cccn3n2)cc1. The van der Waals surface area contributed by atoms with E-state index in [4.69, 9.17) is 81.5 Å². The number of nitrogens with zero attached hydrogens (tertiary/aromatic N) is 18. The van der Waals surface area contributed by atoms with E-state index in [1.54, 1.807) is 72.4 Å². The molecule has 0 atom stereocenters. The van der Waals surface area contributed by atoms with E-state index in [2.05, 4.69) is 116 Å². The Morgan fingerprint density at radius 2 is 0.812 bits per heavy atom. The zero-order valence-corrected chi connectivity index (χ0v) is 79.4. The molecule has 0 bridgehead atoms. The Morgan fingerprint density at radius 3 is 1.20 bits per heavy atom. The number of pyridine rings is 3. The van der Waals surface area contributed by atoms with Crippen molar-refractivity contribution >= 4 is 155 Å².